The summed E-state index contributed by atoms with van der Waals surface area (Å²) < 4.78 is 194. The van der Waals surface area contributed by atoms with Crippen molar-refractivity contribution in [1.82, 2.24) is 0 Å². The number of phenols is 2. The highest BCUT2D eigenvalue weighted by Crippen LogP contribution is 2.38. The molecule has 244 valence electrons. The fourth-order valence-corrected chi connectivity index (χ4v) is 3.03. The van der Waals surface area contributed by atoms with Crippen LogP contribution in [0, 0.1) is 7.14 Å². The summed E-state index contributed by atoms with van der Waals surface area (Å²) in [6, 6.07) is 14.1. The molecule has 2 aromatic rings. The van der Waals surface area contributed by atoms with Crippen molar-refractivity contribution in [3.05, 3.63) is 55.7 Å². The summed E-state index contributed by atoms with van der Waals surface area (Å²) in [5.74, 6) is 0.649. The summed E-state index contributed by atoms with van der Waals surface area (Å²) in [6.45, 7) is 0. The summed E-state index contributed by atoms with van der Waals surface area (Å²) in [5.41, 5.74) is 0. The predicted octanol–water partition coefficient (Wildman–Crippen LogP) is 6.73. The molecule has 4 N–H and O–H groups in total. The topological polar surface area (TPSA) is 149 Å². The standard InChI is InChI=1S/2C6H5IO.2C3H2F6O3S/c2*7-5-1-3-6(8)4-2-5;2*4-1(2(5,6)7)3(8,9)13(10,11)12/h2*1-4,8H;2*1H,(H,10,11,12). The molecule has 42 heavy (non-hydrogen) atoms. The van der Waals surface area contributed by atoms with Gasteiger partial charge in [-0.1, -0.05) is 0 Å². The number of alkyl halides is 12. The van der Waals surface area contributed by atoms with Crippen LogP contribution >= 0.6 is 45.2 Å². The van der Waals surface area contributed by atoms with Gasteiger partial charge in [0.1, 0.15) is 11.5 Å². The maximum atomic E-state index is 11.9. The zero-order valence-corrected chi connectivity index (χ0v) is 25.3. The fraction of sp³-hybridized carbons (Fsp3) is 0.333. The van der Waals surface area contributed by atoms with Gasteiger partial charge >= 0.3 is 43.1 Å². The highest BCUT2D eigenvalue weighted by atomic mass is 127. The first-order valence-electron chi connectivity index (χ1n) is 9.39. The monoisotopic (exact) mass is 904 g/mol. The van der Waals surface area contributed by atoms with Crippen molar-refractivity contribution in [3.63, 3.8) is 0 Å². The zero-order valence-electron chi connectivity index (χ0n) is 19.3. The van der Waals surface area contributed by atoms with Gasteiger partial charge in [-0.3, -0.25) is 9.11 Å². The second kappa shape index (κ2) is 16.0. The van der Waals surface area contributed by atoms with Crippen LogP contribution in [0.5, 0.6) is 11.5 Å². The molecule has 0 aromatic heterocycles. The summed E-state index contributed by atoms with van der Waals surface area (Å²) in [6.07, 6.45) is -22.0. The first-order chi connectivity index (χ1) is 18.4. The number of aromatic hydroxyl groups is 2. The fourth-order valence-electron chi connectivity index (χ4n) is 1.52. The number of benzene rings is 2. The highest BCUT2D eigenvalue weighted by molar-refractivity contribution is 14.1. The van der Waals surface area contributed by atoms with Crippen LogP contribution < -0.4 is 0 Å². The third-order valence-electron chi connectivity index (χ3n) is 3.51. The van der Waals surface area contributed by atoms with E-state index in [4.69, 9.17) is 19.3 Å². The molecule has 2 aromatic carbocycles. The van der Waals surface area contributed by atoms with E-state index >= 15 is 0 Å². The van der Waals surface area contributed by atoms with Gasteiger partial charge in [-0.05, 0) is 93.7 Å². The van der Waals surface area contributed by atoms with Gasteiger partial charge in [0, 0.05) is 7.14 Å². The second-order valence-corrected chi connectivity index (χ2v) is 12.3. The summed E-state index contributed by atoms with van der Waals surface area (Å²) in [4.78, 5) is 0. The van der Waals surface area contributed by atoms with Crippen molar-refractivity contribution in [2.45, 2.75) is 35.2 Å². The van der Waals surface area contributed by atoms with Crippen LogP contribution in [0.25, 0.3) is 0 Å². The van der Waals surface area contributed by atoms with Gasteiger partial charge < -0.3 is 10.2 Å². The lowest BCUT2D eigenvalue weighted by Crippen LogP contribution is -2.46. The van der Waals surface area contributed by atoms with Gasteiger partial charge in [0.15, 0.2) is 0 Å². The Morgan fingerprint density at radius 1 is 0.524 bits per heavy atom. The van der Waals surface area contributed by atoms with Crippen LogP contribution in [-0.4, -0.2) is 71.4 Å². The van der Waals surface area contributed by atoms with E-state index < -0.39 is 55.4 Å². The Balaban J connectivity index is 0. The first kappa shape index (κ1) is 42.6. The molecule has 0 heterocycles. The van der Waals surface area contributed by atoms with Crippen molar-refractivity contribution >= 4 is 65.4 Å². The normalized spacial score (nSPS) is 14.1. The lowest BCUT2D eigenvalue weighted by Gasteiger charge is -2.19. The predicted molar refractivity (Wildman–Crippen MR) is 137 cm³/mol. The second-order valence-electron chi connectivity index (χ2n) is 6.83. The average molecular weight is 904 g/mol. The molecule has 2 unspecified atom stereocenters. The molecule has 2 rings (SSSR count). The number of rotatable bonds is 4. The van der Waals surface area contributed by atoms with E-state index in [0.717, 1.165) is 7.14 Å². The van der Waals surface area contributed by atoms with Crippen molar-refractivity contribution in [2.24, 2.45) is 0 Å². The number of hydrogen-bond donors (Lipinski definition) is 4. The van der Waals surface area contributed by atoms with E-state index in [9.17, 15) is 69.5 Å². The van der Waals surface area contributed by atoms with E-state index in [1.54, 1.807) is 24.3 Å². The molecule has 0 amide bonds. The molecule has 0 aliphatic rings. The minimum absolute atomic E-state index is 0.324. The largest absolute Gasteiger partial charge is 0.508 e. The molecule has 0 radical (unpaired) electrons. The van der Waals surface area contributed by atoms with E-state index in [-0.39, 0.29) is 0 Å². The summed E-state index contributed by atoms with van der Waals surface area (Å²) >= 11 is 4.37. The molecule has 0 fully saturated rings. The molecule has 24 heteroatoms. The van der Waals surface area contributed by atoms with Crippen LogP contribution in [0.1, 0.15) is 0 Å². The molecule has 0 spiro atoms. The van der Waals surface area contributed by atoms with E-state index in [0.29, 0.717) is 11.5 Å². The third kappa shape index (κ3) is 14.8. The molecule has 0 aliphatic carbocycles. The summed E-state index contributed by atoms with van der Waals surface area (Å²) in [7, 11) is -12.8. The Morgan fingerprint density at radius 3 is 0.810 bits per heavy atom. The lowest BCUT2D eigenvalue weighted by atomic mass is 10.3. The molecule has 0 saturated carbocycles. The van der Waals surface area contributed by atoms with Crippen LogP contribution in [0.2, 0.25) is 0 Å². The minimum Gasteiger partial charge on any atom is -0.508 e. The molecular weight excluding hydrogens is 890 g/mol. The quantitative estimate of drug-likeness (QED) is 0.150. The van der Waals surface area contributed by atoms with Crippen molar-refractivity contribution in [3.8, 4) is 11.5 Å². The Labute approximate surface area is 255 Å². The Hall–Kier alpha value is -1.52. The summed E-state index contributed by atoms with van der Waals surface area (Å²) in [5, 5.41) is 5.74. The molecule has 2 atom stereocenters. The Kier molecular flexibility index (Phi) is 16.2. The van der Waals surface area contributed by atoms with Gasteiger partial charge in [0.05, 0.1) is 0 Å². The van der Waals surface area contributed by atoms with E-state index in [2.05, 4.69) is 45.2 Å². The molecular formula is C18H14F12I2O8S2. The maximum Gasteiger partial charge on any atom is 0.426 e. The Morgan fingerprint density at radius 2 is 0.714 bits per heavy atom. The lowest BCUT2D eigenvalue weighted by molar-refractivity contribution is -0.223. The average Bonchev–Trinajstić information content (AvgIpc) is 2.80. The SMILES string of the molecule is O=S(=O)(O)C(F)(F)C(F)C(F)(F)F.O=S(=O)(O)C(F)(F)C(F)C(F)(F)F.Oc1ccc(I)cc1.Oc1ccc(I)cc1. The molecule has 8 nitrogen and oxygen atoms in total. The third-order valence-corrected chi connectivity index (χ3v) is 6.73. The van der Waals surface area contributed by atoms with Crippen LogP contribution in [-0.2, 0) is 20.2 Å². The van der Waals surface area contributed by atoms with Gasteiger partial charge in [-0.15, -0.1) is 0 Å². The number of hydrogen-bond acceptors (Lipinski definition) is 6. The number of halogens is 14. The minimum atomic E-state index is -6.41. The van der Waals surface area contributed by atoms with Gasteiger partial charge in [-0.25, -0.2) is 8.78 Å². The highest BCUT2D eigenvalue weighted by Gasteiger charge is 2.65. The van der Waals surface area contributed by atoms with Gasteiger partial charge in [-0.2, -0.15) is 60.7 Å². The van der Waals surface area contributed by atoms with Gasteiger partial charge in [0.25, 0.3) is 12.3 Å². The smallest absolute Gasteiger partial charge is 0.426 e. The van der Waals surface area contributed by atoms with Crippen molar-refractivity contribution in [2.75, 3.05) is 0 Å². The molecule has 0 bridgehead atoms. The van der Waals surface area contributed by atoms with E-state index in [1.807, 2.05) is 24.3 Å². The van der Waals surface area contributed by atoms with E-state index in [1.165, 1.54) is 0 Å². The van der Waals surface area contributed by atoms with Crippen molar-refractivity contribution < 1.29 is 88.8 Å². The maximum absolute atomic E-state index is 11.9. The van der Waals surface area contributed by atoms with Crippen molar-refractivity contribution in [1.29, 1.82) is 0 Å². The molecule has 0 aliphatic heterocycles. The Bertz CT molecular complexity index is 1170. The zero-order chi connectivity index (χ0) is 34.1. The van der Waals surface area contributed by atoms with Gasteiger partial charge in [0.2, 0.25) is 0 Å². The number of phenolic OH excluding ortho intramolecular Hbond substituents is 2. The van der Waals surface area contributed by atoms with Crippen LogP contribution in [0.15, 0.2) is 48.5 Å². The van der Waals surface area contributed by atoms with Crippen LogP contribution in [0.4, 0.5) is 52.7 Å². The van der Waals surface area contributed by atoms with Crippen LogP contribution in [0.3, 0.4) is 0 Å². The first-order valence-corrected chi connectivity index (χ1v) is 14.4. The molecule has 0 saturated heterocycles.